The van der Waals surface area contributed by atoms with Gasteiger partial charge in [-0.1, -0.05) is 0 Å². The van der Waals surface area contributed by atoms with Crippen molar-refractivity contribution in [1.82, 2.24) is 15.1 Å². The van der Waals surface area contributed by atoms with E-state index in [0.29, 0.717) is 32.1 Å². The number of thiophene rings is 1. The molecular formula is C17H25N3O2S. The minimum atomic E-state index is -0.181. The normalized spacial score (nSPS) is 23.0. The first-order valence-electron chi connectivity index (χ1n) is 8.43. The molecule has 0 radical (unpaired) electrons. The van der Waals surface area contributed by atoms with Crippen molar-refractivity contribution in [3.8, 4) is 0 Å². The van der Waals surface area contributed by atoms with Crippen LogP contribution in [0, 0.1) is 5.92 Å². The second-order valence-electron chi connectivity index (χ2n) is 6.52. The van der Waals surface area contributed by atoms with Crippen LogP contribution in [0.4, 0.5) is 0 Å². The predicted octanol–water partition coefficient (Wildman–Crippen LogP) is 1.48. The molecule has 0 aromatic carbocycles. The zero-order valence-electron chi connectivity index (χ0n) is 13.9. The Labute approximate surface area is 141 Å². The first-order chi connectivity index (χ1) is 11.1. The fourth-order valence-corrected chi connectivity index (χ4v) is 4.31. The number of nitrogens with one attached hydrogen (secondary N) is 1. The fraction of sp³-hybridized carbons (Fsp3) is 0.647. The van der Waals surface area contributed by atoms with Gasteiger partial charge in [-0.25, -0.2) is 0 Å². The summed E-state index contributed by atoms with van der Waals surface area (Å²) < 4.78 is 0. The zero-order chi connectivity index (χ0) is 16.4. The Morgan fingerprint density at radius 3 is 3.09 bits per heavy atom. The van der Waals surface area contributed by atoms with E-state index in [1.54, 1.807) is 4.90 Å². The SMILES string of the molecule is CCN1C[C@@H](C(=O)NC[C@H](C)N2CCc3sccc3C2)CC1=O. The lowest BCUT2D eigenvalue weighted by Crippen LogP contribution is -2.45. The molecule has 3 rings (SSSR count). The van der Waals surface area contributed by atoms with E-state index in [4.69, 9.17) is 0 Å². The van der Waals surface area contributed by atoms with Crippen molar-refractivity contribution in [2.24, 2.45) is 5.92 Å². The van der Waals surface area contributed by atoms with E-state index >= 15 is 0 Å². The van der Waals surface area contributed by atoms with E-state index < -0.39 is 0 Å². The van der Waals surface area contributed by atoms with Crippen LogP contribution in [0.15, 0.2) is 11.4 Å². The fourth-order valence-electron chi connectivity index (χ4n) is 3.42. The number of carbonyl (C=O) groups excluding carboxylic acids is 2. The van der Waals surface area contributed by atoms with Crippen LogP contribution in [0.25, 0.3) is 0 Å². The van der Waals surface area contributed by atoms with E-state index in [1.807, 2.05) is 18.3 Å². The monoisotopic (exact) mass is 335 g/mol. The summed E-state index contributed by atoms with van der Waals surface area (Å²) in [5.74, 6) is -0.0596. The van der Waals surface area contributed by atoms with Crippen LogP contribution in [-0.4, -0.2) is 53.8 Å². The molecule has 126 valence electrons. The molecule has 23 heavy (non-hydrogen) atoms. The van der Waals surface area contributed by atoms with Gasteiger partial charge in [-0.3, -0.25) is 14.5 Å². The second-order valence-corrected chi connectivity index (χ2v) is 7.52. The summed E-state index contributed by atoms with van der Waals surface area (Å²) in [5, 5.41) is 5.21. The smallest absolute Gasteiger partial charge is 0.225 e. The van der Waals surface area contributed by atoms with Crippen LogP contribution < -0.4 is 5.32 Å². The molecule has 2 aliphatic rings. The summed E-state index contributed by atoms with van der Waals surface area (Å²) in [7, 11) is 0. The number of hydrogen-bond acceptors (Lipinski definition) is 4. The van der Waals surface area contributed by atoms with Crippen LogP contribution in [0.5, 0.6) is 0 Å². The third-order valence-corrected chi connectivity index (χ3v) is 6.02. The molecule has 1 saturated heterocycles. The molecule has 0 aliphatic carbocycles. The third-order valence-electron chi connectivity index (χ3n) is 5.00. The van der Waals surface area contributed by atoms with E-state index in [9.17, 15) is 9.59 Å². The quantitative estimate of drug-likeness (QED) is 0.887. The maximum absolute atomic E-state index is 12.3. The molecule has 6 heteroatoms. The number of amides is 2. The van der Waals surface area contributed by atoms with Gasteiger partial charge in [0.05, 0.1) is 5.92 Å². The number of likely N-dealkylation sites (tertiary alicyclic amines) is 1. The highest BCUT2D eigenvalue weighted by molar-refractivity contribution is 7.10. The Kier molecular flexibility index (Phi) is 5.02. The largest absolute Gasteiger partial charge is 0.354 e. The summed E-state index contributed by atoms with van der Waals surface area (Å²) in [6.45, 7) is 8.05. The average molecular weight is 335 g/mol. The molecule has 0 spiro atoms. The van der Waals surface area contributed by atoms with Gasteiger partial charge in [0.1, 0.15) is 0 Å². The topological polar surface area (TPSA) is 52.7 Å². The first-order valence-corrected chi connectivity index (χ1v) is 9.31. The van der Waals surface area contributed by atoms with Gasteiger partial charge in [0.2, 0.25) is 11.8 Å². The predicted molar refractivity (Wildman–Crippen MR) is 91.3 cm³/mol. The highest BCUT2D eigenvalue weighted by Crippen LogP contribution is 2.25. The van der Waals surface area contributed by atoms with Crippen molar-refractivity contribution in [2.45, 2.75) is 39.3 Å². The molecule has 0 bridgehead atoms. The molecule has 0 unspecified atom stereocenters. The summed E-state index contributed by atoms with van der Waals surface area (Å²) in [6, 6.07) is 2.52. The number of rotatable bonds is 5. The van der Waals surface area contributed by atoms with Crippen molar-refractivity contribution < 1.29 is 9.59 Å². The lowest BCUT2D eigenvalue weighted by molar-refractivity contribution is -0.128. The molecule has 1 N–H and O–H groups in total. The maximum Gasteiger partial charge on any atom is 0.225 e. The Hall–Kier alpha value is -1.40. The molecule has 5 nitrogen and oxygen atoms in total. The molecule has 2 atom stereocenters. The highest BCUT2D eigenvalue weighted by Gasteiger charge is 2.33. The number of carbonyl (C=O) groups is 2. The molecule has 2 aliphatic heterocycles. The van der Waals surface area contributed by atoms with E-state index in [1.165, 1.54) is 10.4 Å². The van der Waals surface area contributed by atoms with Gasteiger partial charge < -0.3 is 10.2 Å². The molecule has 1 aromatic heterocycles. The average Bonchev–Trinajstić information content (AvgIpc) is 3.17. The van der Waals surface area contributed by atoms with Gasteiger partial charge in [-0.05, 0) is 37.3 Å². The van der Waals surface area contributed by atoms with Crippen LogP contribution >= 0.6 is 11.3 Å². The molecule has 2 amide bonds. The van der Waals surface area contributed by atoms with E-state index in [0.717, 1.165) is 19.5 Å². The van der Waals surface area contributed by atoms with Crippen LogP contribution in [0.3, 0.4) is 0 Å². The molecule has 1 aromatic rings. The van der Waals surface area contributed by atoms with E-state index in [2.05, 4.69) is 28.6 Å². The zero-order valence-corrected chi connectivity index (χ0v) is 14.7. The minimum Gasteiger partial charge on any atom is -0.354 e. The molecular weight excluding hydrogens is 310 g/mol. The van der Waals surface area contributed by atoms with Gasteiger partial charge in [-0.15, -0.1) is 11.3 Å². The van der Waals surface area contributed by atoms with Gasteiger partial charge in [0.15, 0.2) is 0 Å². The number of hydrogen-bond donors (Lipinski definition) is 1. The standard InChI is InChI=1S/C17H25N3O2S/c1-3-19-11-14(8-16(19)21)17(22)18-9-12(2)20-6-4-15-13(10-20)5-7-23-15/h5,7,12,14H,3-4,6,8-11H2,1-2H3,(H,18,22)/t12-,14-/m0/s1. The minimum absolute atomic E-state index is 0.0226. The van der Waals surface area contributed by atoms with Crippen molar-refractivity contribution in [1.29, 1.82) is 0 Å². The number of fused-ring (bicyclic) bond motifs is 1. The van der Waals surface area contributed by atoms with Gasteiger partial charge >= 0.3 is 0 Å². The van der Waals surface area contributed by atoms with Crippen LogP contribution in [0.1, 0.15) is 30.7 Å². The van der Waals surface area contributed by atoms with Gasteiger partial charge in [-0.2, -0.15) is 0 Å². The Morgan fingerprint density at radius 2 is 2.35 bits per heavy atom. The Bertz CT molecular complexity index is 586. The lowest BCUT2D eigenvalue weighted by Gasteiger charge is -2.32. The molecule has 0 saturated carbocycles. The maximum atomic E-state index is 12.3. The van der Waals surface area contributed by atoms with Gasteiger partial charge in [0, 0.05) is 50.1 Å². The van der Waals surface area contributed by atoms with Crippen LogP contribution in [0.2, 0.25) is 0 Å². The molecule has 1 fully saturated rings. The van der Waals surface area contributed by atoms with Gasteiger partial charge in [0.25, 0.3) is 0 Å². The third kappa shape index (κ3) is 3.58. The molecule has 3 heterocycles. The van der Waals surface area contributed by atoms with Crippen molar-refractivity contribution >= 4 is 23.2 Å². The number of nitrogens with zero attached hydrogens (tertiary/aromatic N) is 2. The summed E-state index contributed by atoms with van der Waals surface area (Å²) in [6.07, 6.45) is 1.46. The first kappa shape index (κ1) is 16.5. The van der Waals surface area contributed by atoms with Crippen LogP contribution in [-0.2, 0) is 22.6 Å². The summed E-state index contributed by atoms with van der Waals surface area (Å²) >= 11 is 1.84. The van der Waals surface area contributed by atoms with Crippen molar-refractivity contribution in [3.05, 3.63) is 21.9 Å². The summed E-state index contributed by atoms with van der Waals surface area (Å²) in [5.41, 5.74) is 1.43. The highest BCUT2D eigenvalue weighted by atomic mass is 32.1. The lowest BCUT2D eigenvalue weighted by atomic mass is 10.1. The van der Waals surface area contributed by atoms with E-state index in [-0.39, 0.29) is 17.7 Å². The second kappa shape index (κ2) is 7.01. The summed E-state index contributed by atoms with van der Waals surface area (Å²) in [4.78, 5) is 29.7. The van der Waals surface area contributed by atoms with Crippen molar-refractivity contribution in [3.63, 3.8) is 0 Å². The van der Waals surface area contributed by atoms with Crippen molar-refractivity contribution in [2.75, 3.05) is 26.2 Å². The Balaban J connectivity index is 1.47. The Morgan fingerprint density at radius 1 is 1.52 bits per heavy atom.